The number of hydrogen-bond donors (Lipinski definition) is 0. The van der Waals surface area contributed by atoms with Crippen molar-refractivity contribution in [3.63, 3.8) is 0 Å². The van der Waals surface area contributed by atoms with E-state index in [4.69, 9.17) is 0 Å². The van der Waals surface area contributed by atoms with Crippen molar-refractivity contribution in [2.75, 3.05) is 7.11 Å². The number of alkyl halides is 3. The zero-order valence-electron chi connectivity index (χ0n) is 8.74. The second-order valence-corrected chi connectivity index (χ2v) is 2.93. The van der Waals surface area contributed by atoms with Crippen LogP contribution in [-0.2, 0) is 0 Å². The Morgan fingerprint density at radius 3 is 2.41 bits per heavy atom. The van der Waals surface area contributed by atoms with Gasteiger partial charge in [0.1, 0.15) is 6.20 Å². The minimum atomic E-state index is -4.97. The quantitative estimate of drug-likeness (QED) is 0.609. The number of aromatic nitrogens is 1. The molecule has 17 heavy (non-hydrogen) atoms. The highest BCUT2D eigenvalue weighted by Gasteiger charge is 2.36. The molecule has 1 aromatic heterocycles. The molecule has 0 aliphatic carbocycles. The van der Waals surface area contributed by atoms with Crippen LogP contribution in [0.4, 0.5) is 19.0 Å². The summed E-state index contributed by atoms with van der Waals surface area (Å²) in [7, 11) is 0.993. The van der Waals surface area contributed by atoms with Crippen LogP contribution in [-0.4, -0.2) is 23.4 Å². The van der Waals surface area contributed by atoms with Crippen molar-refractivity contribution in [2.24, 2.45) is 0 Å². The summed E-state index contributed by atoms with van der Waals surface area (Å²) in [6.07, 6.45) is -4.06. The van der Waals surface area contributed by atoms with Crippen LogP contribution < -0.4 is 9.47 Å². The number of aryl methyl sites for hydroxylation is 1. The number of ether oxygens (including phenoxy) is 2. The van der Waals surface area contributed by atoms with Gasteiger partial charge in [-0.05, 0) is 16.8 Å². The molecule has 0 amide bonds. The summed E-state index contributed by atoms with van der Waals surface area (Å²) >= 11 is 0. The molecule has 0 radical (unpaired) electrons. The third-order valence-corrected chi connectivity index (χ3v) is 1.74. The van der Waals surface area contributed by atoms with Crippen LogP contribution in [0.15, 0.2) is 6.20 Å². The second kappa shape index (κ2) is 4.44. The summed E-state index contributed by atoms with van der Waals surface area (Å²) in [4.78, 5) is 12.9. The van der Waals surface area contributed by atoms with Crippen LogP contribution in [0.2, 0.25) is 0 Å². The first-order valence-corrected chi connectivity index (χ1v) is 4.20. The Kier molecular flexibility index (Phi) is 3.39. The second-order valence-electron chi connectivity index (χ2n) is 2.93. The first-order chi connectivity index (χ1) is 7.76. The normalized spacial score (nSPS) is 11.1. The maximum Gasteiger partial charge on any atom is 0.573 e. The fourth-order valence-electron chi connectivity index (χ4n) is 1.11. The van der Waals surface area contributed by atoms with E-state index >= 15 is 0 Å². The van der Waals surface area contributed by atoms with Gasteiger partial charge in [-0.1, -0.05) is 0 Å². The number of nitro groups is 1. The van der Waals surface area contributed by atoms with E-state index in [9.17, 15) is 23.3 Å². The molecule has 9 heteroatoms. The van der Waals surface area contributed by atoms with Crippen LogP contribution in [0.5, 0.6) is 11.5 Å². The lowest BCUT2D eigenvalue weighted by atomic mass is 10.2. The molecular weight excluding hydrogens is 245 g/mol. The number of methoxy groups -OCH3 is 1. The lowest BCUT2D eigenvalue weighted by molar-refractivity contribution is -0.390. The molecule has 0 unspecified atom stereocenters. The van der Waals surface area contributed by atoms with Gasteiger partial charge >= 0.3 is 12.2 Å². The van der Waals surface area contributed by atoms with Crippen molar-refractivity contribution < 1.29 is 27.6 Å². The molecule has 94 valence electrons. The van der Waals surface area contributed by atoms with E-state index in [1.54, 1.807) is 0 Å². The van der Waals surface area contributed by atoms with Gasteiger partial charge in [0.15, 0.2) is 5.75 Å². The van der Waals surface area contributed by atoms with Gasteiger partial charge in [-0.2, -0.15) is 0 Å². The molecule has 1 rings (SSSR count). The van der Waals surface area contributed by atoms with Crippen molar-refractivity contribution in [3.8, 4) is 11.5 Å². The van der Waals surface area contributed by atoms with Crippen molar-refractivity contribution in [2.45, 2.75) is 13.3 Å². The summed E-state index contributed by atoms with van der Waals surface area (Å²) < 4.78 is 44.5. The number of pyridine rings is 1. The molecule has 0 aromatic carbocycles. The van der Waals surface area contributed by atoms with Gasteiger partial charge < -0.3 is 19.6 Å². The van der Waals surface area contributed by atoms with Crippen LogP contribution in [0.3, 0.4) is 0 Å². The highest BCUT2D eigenvalue weighted by atomic mass is 19.4. The van der Waals surface area contributed by atoms with Crippen LogP contribution in [0, 0.1) is 17.0 Å². The fourth-order valence-corrected chi connectivity index (χ4v) is 1.11. The number of rotatable bonds is 3. The molecule has 6 nitrogen and oxygen atoms in total. The summed E-state index contributed by atoms with van der Waals surface area (Å²) in [5.74, 6) is -2.26. The van der Waals surface area contributed by atoms with E-state index in [0.717, 1.165) is 13.3 Å². The Hall–Kier alpha value is -2.06. The van der Waals surface area contributed by atoms with Gasteiger partial charge in [0.2, 0.25) is 0 Å². The predicted molar refractivity (Wildman–Crippen MR) is 48.9 cm³/mol. The van der Waals surface area contributed by atoms with Gasteiger partial charge in [0.05, 0.1) is 7.11 Å². The Morgan fingerprint density at radius 1 is 1.41 bits per heavy atom. The first-order valence-electron chi connectivity index (χ1n) is 4.20. The van der Waals surface area contributed by atoms with Crippen molar-refractivity contribution in [1.82, 2.24) is 4.98 Å². The predicted octanol–water partition coefficient (Wildman–Crippen LogP) is 2.21. The zero-order valence-corrected chi connectivity index (χ0v) is 8.74. The Labute approximate surface area is 93.1 Å². The molecule has 0 fully saturated rings. The van der Waals surface area contributed by atoms with Gasteiger partial charge in [-0.25, -0.2) is 0 Å². The Balaban J connectivity index is 3.35. The van der Waals surface area contributed by atoms with E-state index in [-0.39, 0.29) is 5.56 Å². The molecule has 0 saturated heterocycles. The summed E-state index contributed by atoms with van der Waals surface area (Å²) in [6.45, 7) is 1.26. The van der Waals surface area contributed by atoms with Gasteiger partial charge in [-0.3, -0.25) is 0 Å². The molecule has 0 N–H and O–H groups in total. The molecule has 0 saturated carbocycles. The van der Waals surface area contributed by atoms with E-state index < -0.39 is 28.6 Å². The highest BCUT2D eigenvalue weighted by Crippen LogP contribution is 2.40. The highest BCUT2D eigenvalue weighted by molar-refractivity contribution is 5.54. The lowest BCUT2D eigenvalue weighted by Gasteiger charge is -2.13. The SMILES string of the molecule is COc1c([N+](=O)[O-])ncc(C)c1OC(F)(F)F. The van der Waals surface area contributed by atoms with E-state index in [0.29, 0.717) is 0 Å². The number of halogens is 3. The molecule has 0 bridgehead atoms. The summed E-state index contributed by atoms with van der Waals surface area (Å²) in [5, 5.41) is 10.5. The minimum Gasteiger partial charge on any atom is -0.486 e. The lowest BCUT2D eigenvalue weighted by Crippen LogP contribution is -2.18. The first kappa shape index (κ1) is 13.0. The molecule has 0 atom stereocenters. The summed E-state index contributed by atoms with van der Waals surface area (Å²) in [6, 6.07) is 0. The molecule has 0 aliphatic rings. The van der Waals surface area contributed by atoms with Crippen molar-refractivity contribution >= 4 is 5.82 Å². The zero-order chi connectivity index (χ0) is 13.2. The monoisotopic (exact) mass is 252 g/mol. The standard InChI is InChI=1S/C8H7F3N2O4/c1-4-3-12-7(13(14)15)6(16-2)5(4)17-8(9,10)11/h3H,1-2H3. The molecule has 1 heterocycles. The van der Waals surface area contributed by atoms with E-state index in [2.05, 4.69) is 14.5 Å². The Morgan fingerprint density at radius 2 is 2.00 bits per heavy atom. The average molecular weight is 252 g/mol. The van der Waals surface area contributed by atoms with Crippen molar-refractivity contribution in [3.05, 3.63) is 21.9 Å². The smallest absolute Gasteiger partial charge is 0.486 e. The van der Waals surface area contributed by atoms with Crippen LogP contribution in [0.25, 0.3) is 0 Å². The van der Waals surface area contributed by atoms with Crippen LogP contribution in [0.1, 0.15) is 5.56 Å². The third-order valence-electron chi connectivity index (χ3n) is 1.74. The number of nitrogens with zero attached hydrogens (tertiary/aromatic N) is 2. The Bertz CT molecular complexity index is 447. The average Bonchev–Trinajstić information content (AvgIpc) is 2.18. The van der Waals surface area contributed by atoms with Gasteiger partial charge in [-0.15, -0.1) is 13.2 Å². The molecular formula is C8H7F3N2O4. The minimum absolute atomic E-state index is 0.0234. The third kappa shape index (κ3) is 2.95. The molecule has 0 spiro atoms. The maximum absolute atomic E-state index is 12.1. The van der Waals surface area contributed by atoms with Crippen LogP contribution >= 0.6 is 0 Å². The molecule has 1 aromatic rings. The van der Waals surface area contributed by atoms with Crippen molar-refractivity contribution in [1.29, 1.82) is 0 Å². The topological polar surface area (TPSA) is 74.5 Å². The maximum atomic E-state index is 12.1. The van der Waals surface area contributed by atoms with Gasteiger partial charge in [0.25, 0.3) is 5.75 Å². The van der Waals surface area contributed by atoms with E-state index in [1.807, 2.05) is 0 Å². The largest absolute Gasteiger partial charge is 0.573 e. The van der Waals surface area contributed by atoms with E-state index in [1.165, 1.54) is 6.92 Å². The van der Waals surface area contributed by atoms with Gasteiger partial charge in [0, 0.05) is 5.56 Å². The molecule has 0 aliphatic heterocycles. The summed E-state index contributed by atoms with van der Waals surface area (Å²) in [5.41, 5.74) is -0.0234. The fraction of sp³-hybridized carbons (Fsp3) is 0.375. The number of hydrogen-bond acceptors (Lipinski definition) is 5.